The lowest BCUT2D eigenvalue weighted by molar-refractivity contribution is -0.127. The van der Waals surface area contributed by atoms with Crippen LogP contribution in [0.4, 0.5) is 0 Å². The second-order valence-corrected chi connectivity index (χ2v) is 12.3. The first-order chi connectivity index (χ1) is 16.0. The normalized spacial score (nSPS) is 44.0. The number of amidine groups is 1. The molecule has 1 amide bonds. The third-order valence-corrected chi connectivity index (χ3v) is 10.4. The minimum absolute atomic E-state index is 0.101. The minimum atomic E-state index is 0.101. The van der Waals surface area contributed by atoms with Gasteiger partial charge in [0.05, 0.1) is 11.8 Å². The Hall–Kier alpha value is -1.14. The van der Waals surface area contributed by atoms with E-state index in [1.54, 1.807) is 0 Å². The Kier molecular flexibility index (Phi) is 7.31. The topological polar surface area (TPSA) is 108 Å². The molecule has 0 bridgehead atoms. The number of nitrogens with zero attached hydrogens (tertiary/aromatic N) is 1. The number of carbonyl (C=O) groups is 1. The van der Waals surface area contributed by atoms with Crippen molar-refractivity contribution in [2.45, 2.75) is 108 Å². The Bertz CT molecular complexity index is 703. The second-order valence-electron chi connectivity index (χ2n) is 12.3. The van der Waals surface area contributed by atoms with E-state index in [1.807, 2.05) is 0 Å². The lowest BCUT2D eigenvalue weighted by Gasteiger charge is -2.44. The first-order valence-electron chi connectivity index (χ1n) is 14.1. The fourth-order valence-corrected chi connectivity index (χ4v) is 8.52. The molecule has 1 aliphatic heterocycles. The number of amides is 1. The lowest BCUT2D eigenvalue weighted by atomic mass is 9.65. The molecule has 0 aromatic heterocycles. The average Bonchev–Trinajstić information content (AvgIpc) is 3.18. The van der Waals surface area contributed by atoms with Crippen molar-refractivity contribution in [1.29, 1.82) is 5.41 Å². The summed E-state index contributed by atoms with van der Waals surface area (Å²) in [6.07, 6.45) is 17.0. The maximum absolute atomic E-state index is 13.5. The van der Waals surface area contributed by atoms with Crippen LogP contribution >= 0.6 is 0 Å². The predicted octanol–water partition coefficient (Wildman–Crippen LogP) is 3.63. The summed E-state index contributed by atoms with van der Waals surface area (Å²) in [6, 6.07) is 1.04. The van der Waals surface area contributed by atoms with Gasteiger partial charge >= 0.3 is 0 Å². The van der Waals surface area contributed by atoms with Crippen LogP contribution < -0.4 is 16.8 Å². The van der Waals surface area contributed by atoms with E-state index in [9.17, 15) is 4.79 Å². The van der Waals surface area contributed by atoms with Gasteiger partial charge in [-0.15, -0.1) is 0 Å². The first kappa shape index (κ1) is 23.6. The van der Waals surface area contributed by atoms with Gasteiger partial charge < -0.3 is 16.8 Å². The molecule has 7 atom stereocenters. The standard InChI is InChI=1S/C27H47N5O/c28-20-9-11-21(12-10-20)31-27(33)24-16-32(25-14-18(26(29)30)8-13-23(24)25)15-19-6-3-5-17-4-1-2-7-22(17)19/h17-25H,1-16,28H2,(H3,29,30)(H,31,33). The molecule has 0 aromatic carbocycles. The van der Waals surface area contributed by atoms with E-state index in [0.29, 0.717) is 29.9 Å². The highest BCUT2D eigenvalue weighted by Crippen LogP contribution is 2.47. The molecule has 1 saturated heterocycles. The zero-order valence-electron chi connectivity index (χ0n) is 20.5. The maximum Gasteiger partial charge on any atom is 0.224 e. The van der Waals surface area contributed by atoms with Crippen LogP contribution in [-0.4, -0.2) is 47.9 Å². The third kappa shape index (κ3) is 5.12. The molecule has 4 saturated carbocycles. The Morgan fingerprint density at radius 2 is 1.67 bits per heavy atom. The van der Waals surface area contributed by atoms with Crippen LogP contribution in [0, 0.1) is 40.9 Å². The molecular weight excluding hydrogens is 410 g/mol. The van der Waals surface area contributed by atoms with Crippen LogP contribution in [0.15, 0.2) is 0 Å². The number of hydrogen-bond acceptors (Lipinski definition) is 4. The van der Waals surface area contributed by atoms with Gasteiger partial charge in [-0.2, -0.15) is 0 Å². The van der Waals surface area contributed by atoms with E-state index in [4.69, 9.17) is 16.9 Å². The summed E-state index contributed by atoms with van der Waals surface area (Å²) in [5.41, 5.74) is 12.1. The Morgan fingerprint density at radius 1 is 0.909 bits per heavy atom. The number of rotatable bonds is 5. The van der Waals surface area contributed by atoms with E-state index in [2.05, 4.69) is 10.2 Å². The van der Waals surface area contributed by atoms with E-state index >= 15 is 0 Å². The average molecular weight is 458 g/mol. The molecule has 186 valence electrons. The SMILES string of the molecule is N=C(N)C1CCC2C(C(=O)NC3CCC(N)CC3)CN(CC3CCCC4CCCCC43)C2C1. The summed E-state index contributed by atoms with van der Waals surface area (Å²) < 4.78 is 0. The quantitative estimate of drug-likeness (QED) is 0.373. The van der Waals surface area contributed by atoms with Crippen molar-refractivity contribution in [2.24, 2.45) is 47.0 Å². The van der Waals surface area contributed by atoms with Crippen molar-refractivity contribution in [1.82, 2.24) is 10.2 Å². The highest BCUT2D eigenvalue weighted by molar-refractivity contribution is 5.81. The number of fused-ring (bicyclic) bond motifs is 2. The summed E-state index contributed by atoms with van der Waals surface area (Å²) in [7, 11) is 0. The largest absolute Gasteiger partial charge is 0.387 e. The first-order valence-corrected chi connectivity index (χ1v) is 14.1. The summed E-state index contributed by atoms with van der Waals surface area (Å²) in [5, 5.41) is 11.5. The van der Waals surface area contributed by atoms with Gasteiger partial charge in [0.25, 0.3) is 0 Å². The maximum atomic E-state index is 13.5. The van der Waals surface area contributed by atoms with Crippen molar-refractivity contribution >= 4 is 11.7 Å². The molecule has 33 heavy (non-hydrogen) atoms. The van der Waals surface area contributed by atoms with Gasteiger partial charge in [-0.1, -0.05) is 32.1 Å². The molecule has 0 aromatic rings. The smallest absolute Gasteiger partial charge is 0.224 e. The summed E-state index contributed by atoms with van der Waals surface area (Å²) in [6.45, 7) is 2.07. The zero-order valence-corrected chi connectivity index (χ0v) is 20.5. The van der Waals surface area contributed by atoms with Gasteiger partial charge in [-0.25, -0.2) is 0 Å². The van der Waals surface area contributed by atoms with Gasteiger partial charge in [0.15, 0.2) is 0 Å². The molecule has 6 N–H and O–H groups in total. The number of hydrogen-bond donors (Lipinski definition) is 4. The van der Waals surface area contributed by atoms with E-state index < -0.39 is 0 Å². The molecule has 5 rings (SSSR count). The lowest BCUT2D eigenvalue weighted by Crippen LogP contribution is -2.46. The molecule has 5 fully saturated rings. The minimum Gasteiger partial charge on any atom is -0.387 e. The van der Waals surface area contributed by atoms with Gasteiger partial charge in [0.1, 0.15) is 0 Å². The molecule has 6 nitrogen and oxygen atoms in total. The van der Waals surface area contributed by atoms with Crippen LogP contribution in [0.2, 0.25) is 0 Å². The summed E-state index contributed by atoms with van der Waals surface area (Å²) >= 11 is 0. The van der Waals surface area contributed by atoms with Gasteiger partial charge in [0.2, 0.25) is 5.91 Å². The number of nitrogens with two attached hydrogens (primary N) is 2. The monoisotopic (exact) mass is 457 g/mol. The van der Waals surface area contributed by atoms with Gasteiger partial charge in [-0.05, 0) is 81.5 Å². The molecular formula is C27H47N5O. The van der Waals surface area contributed by atoms with Crippen molar-refractivity contribution in [2.75, 3.05) is 13.1 Å². The second kappa shape index (κ2) is 10.2. The predicted molar refractivity (Wildman–Crippen MR) is 133 cm³/mol. The molecule has 0 spiro atoms. The number of nitrogens with one attached hydrogen (secondary N) is 2. The fourth-order valence-electron chi connectivity index (χ4n) is 8.52. The van der Waals surface area contributed by atoms with E-state index in [-0.39, 0.29) is 17.7 Å². The Morgan fingerprint density at radius 3 is 2.45 bits per heavy atom. The molecule has 4 aliphatic carbocycles. The molecule has 6 heteroatoms. The highest BCUT2D eigenvalue weighted by atomic mass is 16.2. The van der Waals surface area contributed by atoms with Crippen LogP contribution in [0.5, 0.6) is 0 Å². The van der Waals surface area contributed by atoms with Crippen molar-refractivity contribution in [3.05, 3.63) is 0 Å². The van der Waals surface area contributed by atoms with E-state index in [0.717, 1.165) is 75.8 Å². The Labute approximate surface area is 200 Å². The molecule has 1 heterocycles. The number of carbonyl (C=O) groups excluding carboxylic acids is 1. The fraction of sp³-hybridized carbons (Fsp3) is 0.926. The van der Waals surface area contributed by atoms with Crippen LogP contribution in [-0.2, 0) is 4.79 Å². The molecule has 0 radical (unpaired) electrons. The summed E-state index contributed by atoms with van der Waals surface area (Å²) in [5.74, 6) is 4.01. The van der Waals surface area contributed by atoms with Crippen molar-refractivity contribution < 1.29 is 4.79 Å². The van der Waals surface area contributed by atoms with Crippen LogP contribution in [0.25, 0.3) is 0 Å². The highest BCUT2D eigenvalue weighted by Gasteiger charge is 2.49. The summed E-state index contributed by atoms with van der Waals surface area (Å²) in [4.78, 5) is 16.2. The molecule has 7 unspecified atom stereocenters. The van der Waals surface area contributed by atoms with E-state index in [1.165, 1.54) is 44.9 Å². The van der Waals surface area contributed by atoms with Crippen LogP contribution in [0.1, 0.15) is 89.9 Å². The third-order valence-electron chi connectivity index (χ3n) is 10.4. The van der Waals surface area contributed by atoms with Gasteiger partial charge in [0, 0.05) is 37.1 Å². The van der Waals surface area contributed by atoms with Crippen molar-refractivity contribution in [3.8, 4) is 0 Å². The molecule has 5 aliphatic rings. The van der Waals surface area contributed by atoms with Gasteiger partial charge in [-0.3, -0.25) is 15.1 Å². The Balaban J connectivity index is 1.28. The number of likely N-dealkylation sites (tertiary alicyclic amines) is 1. The van der Waals surface area contributed by atoms with Crippen molar-refractivity contribution in [3.63, 3.8) is 0 Å². The zero-order chi connectivity index (χ0) is 22.9. The van der Waals surface area contributed by atoms with Crippen LogP contribution in [0.3, 0.4) is 0 Å².